The molecule has 0 aliphatic carbocycles. The molecule has 4 aromatic rings. The zero-order valence-electron chi connectivity index (χ0n) is 35.1. The predicted molar refractivity (Wildman–Crippen MR) is 227 cm³/mol. The van der Waals surface area contributed by atoms with Gasteiger partial charge in [0.1, 0.15) is 35.6 Å². The Morgan fingerprint density at radius 3 is 2.69 bits per heavy atom. The highest BCUT2D eigenvalue weighted by atomic mass is 19.1. The first kappa shape index (κ1) is 40.2. The minimum absolute atomic E-state index is 0.00284. The number of piperidine rings is 3. The lowest BCUT2D eigenvalue weighted by Gasteiger charge is -2.41. The smallest absolute Gasteiger partial charge is 0.415 e. The molecule has 61 heavy (non-hydrogen) atoms. The van der Waals surface area contributed by atoms with Gasteiger partial charge < -0.3 is 34.2 Å². The molecule has 11 rings (SSSR count). The van der Waals surface area contributed by atoms with Crippen molar-refractivity contribution in [3.63, 3.8) is 0 Å². The van der Waals surface area contributed by atoms with Crippen LogP contribution in [-0.2, 0) is 11.2 Å². The summed E-state index contributed by atoms with van der Waals surface area (Å²) < 4.78 is 50.7. The van der Waals surface area contributed by atoms with E-state index in [1.54, 1.807) is 17.2 Å². The number of rotatable bonds is 5. The number of nitrogens with one attached hydrogen (secondary N) is 1. The van der Waals surface area contributed by atoms with E-state index >= 15 is 4.39 Å². The molecule has 13 nitrogen and oxygen atoms in total. The molecule has 1 N–H and O–H groups in total. The van der Waals surface area contributed by atoms with E-state index in [1.165, 1.54) is 19.3 Å². The molecule has 0 saturated carbocycles. The lowest BCUT2D eigenvalue weighted by Crippen LogP contribution is -2.57. The highest BCUT2D eigenvalue weighted by Crippen LogP contribution is 2.42. The Bertz CT molecular complexity index is 2320. The first-order chi connectivity index (χ1) is 29.6. The van der Waals surface area contributed by atoms with E-state index in [4.69, 9.17) is 29.2 Å². The number of benzene rings is 2. The van der Waals surface area contributed by atoms with Crippen molar-refractivity contribution in [3.05, 3.63) is 47.9 Å². The fourth-order valence-corrected chi connectivity index (χ4v) is 11.2. The number of aryl methyl sites for hydroxylation is 1. The van der Waals surface area contributed by atoms with Crippen molar-refractivity contribution < 1.29 is 32.6 Å². The molecular weight excluding hydrogens is 783 g/mol. The third kappa shape index (κ3) is 7.92. The molecule has 324 valence electrons. The Balaban J connectivity index is 1.04. The molecule has 0 radical (unpaired) electrons. The summed E-state index contributed by atoms with van der Waals surface area (Å²) in [6.07, 6.45) is 9.94. The van der Waals surface area contributed by atoms with Crippen LogP contribution < -0.4 is 19.7 Å². The predicted octanol–water partition coefficient (Wildman–Crippen LogP) is 7.42. The van der Waals surface area contributed by atoms with Gasteiger partial charge in [-0.25, -0.2) is 18.4 Å². The maximum atomic E-state index is 17.7. The van der Waals surface area contributed by atoms with E-state index < -0.39 is 35.3 Å². The fourth-order valence-electron chi connectivity index (χ4n) is 11.2. The van der Waals surface area contributed by atoms with Crippen LogP contribution in [0.4, 0.5) is 24.2 Å². The van der Waals surface area contributed by atoms with Crippen molar-refractivity contribution in [1.29, 1.82) is 0 Å². The van der Waals surface area contributed by atoms with Crippen LogP contribution in [0.15, 0.2) is 36.5 Å². The number of pyridine rings is 1. The molecule has 9 heterocycles. The van der Waals surface area contributed by atoms with Gasteiger partial charge >= 0.3 is 18.2 Å². The van der Waals surface area contributed by atoms with Gasteiger partial charge in [-0.15, -0.1) is 0 Å². The zero-order chi connectivity index (χ0) is 41.7. The SMILES string of the molecule is C[C@@]12CCCN(C1)c1nc(OC[C@@]34CCCN3C[C@H](F)C4)nc3c(F)c(ncc13)-c1cc(OC(=O)N3CCC(N4CCCCC4)CC3)cc3cccc(c13)CCCOC(=O)N2. The molecule has 5 saturated heterocycles. The number of nitrogens with zero attached hydrogens (tertiary/aromatic N) is 7. The molecular formula is C46H56F2N8O5. The Hall–Kier alpha value is -4.89. The number of amides is 2. The molecule has 2 aromatic heterocycles. The summed E-state index contributed by atoms with van der Waals surface area (Å²) in [5.74, 6) is 0.0748. The van der Waals surface area contributed by atoms with Crippen molar-refractivity contribution in [2.45, 2.75) is 107 Å². The topological polar surface area (TPSA) is 125 Å². The van der Waals surface area contributed by atoms with Crippen molar-refractivity contribution in [1.82, 2.24) is 35.0 Å². The van der Waals surface area contributed by atoms with Gasteiger partial charge in [-0.2, -0.15) is 9.97 Å². The van der Waals surface area contributed by atoms with Crippen LogP contribution >= 0.6 is 0 Å². The van der Waals surface area contributed by atoms with E-state index in [2.05, 4.69) is 15.1 Å². The highest BCUT2D eigenvalue weighted by molar-refractivity contribution is 6.02. The average molecular weight is 839 g/mol. The summed E-state index contributed by atoms with van der Waals surface area (Å²) in [6, 6.07) is 9.84. The summed E-state index contributed by atoms with van der Waals surface area (Å²) >= 11 is 0. The number of anilines is 1. The molecule has 15 heteroatoms. The van der Waals surface area contributed by atoms with Crippen LogP contribution in [0.25, 0.3) is 32.9 Å². The first-order valence-electron chi connectivity index (χ1n) is 22.5. The van der Waals surface area contributed by atoms with Gasteiger partial charge in [0.15, 0.2) is 5.82 Å². The monoisotopic (exact) mass is 838 g/mol. The van der Waals surface area contributed by atoms with E-state index in [0.29, 0.717) is 81.2 Å². The molecule has 0 unspecified atom stereocenters. The number of hydrogen-bond donors (Lipinski definition) is 1. The van der Waals surface area contributed by atoms with E-state index in [0.717, 1.165) is 68.1 Å². The van der Waals surface area contributed by atoms with Crippen LogP contribution in [0, 0.1) is 5.82 Å². The van der Waals surface area contributed by atoms with Crippen LogP contribution in [0.5, 0.6) is 11.8 Å². The number of fused-ring (bicyclic) bond motifs is 7. The van der Waals surface area contributed by atoms with Gasteiger partial charge in [0.05, 0.1) is 23.1 Å². The summed E-state index contributed by atoms with van der Waals surface area (Å²) in [7, 11) is 0. The summed E-state index contributed by atoms with van der Waals surface area (Å²) in [4.78, 5) is 50.0. The number of likely N-dealkylation sites (tertiary alicyclic amines) is 2. The lowest BCUT2D eigenvalue weighted by atomic mass is 9.91. The van der Waals surface area contributed by atoms with Gasteiger partial charge in [-0.05, 0) is 119 Å². The largest absolute Gasteiger partial charge is 0.461 e. The molecule has 7 aliphatic rings. The van der Waals surface area contributed by atoms with Crippen LogP contribution in [0.1, 0.15) is 83.1 Å². The van der Waals surface area contributed by atoms with E-state index in [-0.39, 0.29) is 36.2 Å². The second-order valence-corrected chi connectivity index (χ2v) is 18.5. The van der Waals surface area contributed by atoms with Crippen molar-refractivity contribution >= 4 is 39.7 Å². The number of halogens is 2. The second-order valence-electron chi connectivity index (χ2n) is 18.5. The number of ether oxygens (including phenoxy) is 3. The number of carbonyl (C=O) groups is 2. The summed E-state index contributed by atoms with van der Waals surface area (Å²) in [5.41, 5.74) is 0.332. The van der Waals surface area contributed by atoms with Gasteiger partial charge in [0.2, 0.25) is 0 Å². The number of aromatic nitrogens is 3. The number of alkyl carbamates (subject to hydrolysis) is 1. The zero-order valence-corrected chi connectivity index (χ0v) is 35.1. The van der Waals surface area contributed by atoms with Gasteiger partial charge in [0.25, 0.3) is 0 Å². The maximum absolute atomic E-state index is 17.7. The summed E-state index contributed by atoms with van der Waals surface area (Å²) in [6.45, 7) is 7.98. The Kier molecular flexibility index (Phi) is 10.8. The fraction of sp³-hybridized carbons (Fsp3) is 0.587. The van der Waals surface area contributed by atoms with Crippen molar-refractivity contribution in [2.24, 2.45) is 0 Å². The highest BCUT2D eigenvalue weighted by Gasteiger charge is 2.49. The summed E-state index contributed by atoms with van der Waals surface area (Å²) in [5, 5.41) is 5.01. The third-order valence-electron chi connectivity index (χ3n) is 14.2. The van der Waals surface area contributed by atoms with Crippen LogP contribution in [0.3, 0.4) is 0 Å². The standard InChI is InChI=1S/C46H56F2N8O5/c1-45-14-7-18-55(28-45)41-36-26-49-39(38(48)40(36)50-42(51-41)60-29-46-15-8-19-56(46)27-32(47)25-46)35-24-34(23-31-10-5-9-30(37(31)35)11-6-22-59-43(57)52-45)61-44(58)54-20-12-33(13-21-54)53-16-3-2-4-17-53/h5,9-10,23-24,26,32-33H,2-4,6-8,11-22,25,27-29H2,1H3,(H,52,57)/t32-,45-,46+/m1/s1. The quantitative estimate of drug-likeness (QED) is 0.216. The van der Waals surface area contributed by atoms with Gasteiger partial charge in [-0.1, -0.05) is 24.6 Å². The minimum atomic E-state index is -0.935. The van der Waals surface area contributed by atoms with Gasteiger partial charge in [-0.3, -0.25) is 9.88 Å². The Labute approximate surface area is 355 Å². The minimum Gasteiger partial charge on any atom is -0.461 e. The second kappa shape index (κ2) is 16.4. The number of alkyl halides is 1. The lowest BCUT2D eigenvalue weighted by molar-refractivity contribution is 0.0878. The molecule has 7 aliphatic heterocycles. The maximum Gasteiger partial charge on any atom is 0.415 e. The van der Waals surface area contributed by atoms with Crippen molar-refractivity contribution in [2.75, 3.05) is 70.5 Å². The Morgan fingerprint density at radius 1 is 1.00 bits per heavy atom. The first-order valence-corrected chi connectivity index (χ1v) is 22.5. The Morgan fingerprint density at radius 2 is 1.84 bits per heavy atom. The molecule has 6 bridgehead atoms. The average Bonchev–Trinajstić information content (AvgIpc) is 3.79. The molecule has 2 aromatic carbocycles. The normalized spacial score (nSPS) is 26.7. The van der Waals surface area contributed by atoms with Gasteiger partial charge in [0, 0.05) is 56.9 Å². The molecule has 5 fully saturated rings. The molecule has 0 spiro atoms. The number of hydrogen-bond acceptors (Lipinski definition) is 11. The van der Waals surface area contributed by atoms with Crippen molar-refractivity contribution in [3.8, 4) is 23.0 Å². The van der Waals surface area contributed by atoms with E-state index in [9.17, 15) is 14.0 Å². The number of carbonyl (C=O) groups excluding carboxylic acids is 2. The third-order valence-corrected chi connectivity index (χ3v) is 14.2. The van der Waals surface area contributed by atoms with E-state index in [1.807, 2.05) is 36.1 Å². The molecule has 2 amide bonds. The molecule has 3 atom stereocenters. The van der Waals surface area contributed by atoms with Crippen LogP contribution in [-0.4, -0.2) is 131 Å². The van der Waals surface area contributed by atoms with Crippen LogP contribution in [0.2, 0.25) is 0 Å².